The average Bonchev–Trinajstić information content (AvgIpc) is 2.05. The van der Waals surface area contributed by atoms with E-state index >= 15 is 0 Å². The predicted molar refractivity (Wildman–Crippen MR) is 56.1 cm³/mol. The average molecular weight is 231 g/mol. The zero-order chi connectivity index (χ0) is 8.27. The maximum atomic E-state index is 3.41. The molecule has 0 aliphatic rings. The molecule has 60 valence electrons. The molecule has 0 aromatic heterocycles. The van der Waals surface area contributed by atoms with E-state index < -0.39 is 0 Å². The molecule has 0 saturated heterocycles. The summed E-state index contributed by atoms with van der Waals surface area (Å²) in [6.45, 7) is 2.22. The van der Waals surface area contributed by atoms with Crippen molar-refractivity contribution in [1.82, 2.24) is 0 Å². The van der Waals surface area contributed by atoms with Crippen LogP contribution in [0, 0.1) is 0 Å². The van der Waals surface area contributed by atoms with Gasteiger partial charge in [0.2, 0.25) is 0 Å². The third kappa shape index (κ3) is 2.53. The van der Waals surface area contributed by atoms with Gasteiger partial charge in [0.1, 0.15) is 0 Å². The molecule has 0 saturated carbocycles. The zero-order valence-electron chi connectivity index (χ0n) is 6.67. The van der Waals surface area contributed by atoms with Gasteiger partial charge < -0.3 is 0 Å². The third-order valence-electron chi connectivity index (χ3n) is 1.69. The van der Waals surface area contributed by atoms with Crippen LogP contribution in [0.5, 0.6) is 0 Å². The Morgan fingerprint density at radius 3 is 2.27 bits per heavy atom. The van der Waals surface area contributed by atoms with Crippen LogP contribution in [0.3, 0.4) is 0 Å². The fourth-order valence-corrected chi connectivity index (χ4v) is 1.56. The minimum absolute atomic E-state index is 0.600. The van der Waals surface area contributed by atoms with E-state index in [1.54, 1.807) is 0 Å². The van der Waals surface area contributed by atoms with Crippen LogP contribution in [0.15, 0.2) is 28.7 Å². The summed E-state index contributed by atoms with van der Waals surface area (Å²) in [7, 11) is 0. The predicted octanol–water partition coefficient (Wildman–Crippen LogP) is 3.87. The highest BCUT2D eigenvalue weighted by Crippen LogP contribution is 2.26. The van der Waals surface area contributed by atoms with Crippen molar-refractivity contribution in [2.45, 2.75) is 12.2 Å². The van der Waals surface area contributed by atoms with Crippen molar-refractivity contribution in [3.05, 3.63) is 34.3 Å². The van der Waals surface area contributed by atoms with Gasteiger partial charge in [-0.15, -0.1) is 0 Å². The fraction of sp³-hybridized carbons (Fsp3) is 0.333. The first-order valence-electron chi connectivity index (χ1n) is 3.52. The van der Waals surface area contributed by atoms with Crippen molar-refractivity contribution in [1.29, 1.82) is 0 Å². The van der Waals surface area contributed by atoms with Crippen LogP contribution in [0.4, 0.5) is 0 Å². The topological polar surface area (TPSA) is 0 Å². The van der Waals surface area contributed by atoms with E-state index in [4.69, 9.17) is 0 Å². The lowest BCUT2D eigenvalue weighted by atomic mass is 10.2. The largest absolute Gasteiger partial charge is 0.158 e. The smallest absolute Gasteiger partial charge is 0.0266 e. The van der Waals surface area contributed by atoms with Gasteiger partial charge in [-0.05, 0) is 30.9 Å². The number of thioether (sulfide) groups is 1. The lowest BCUT2D eigenvalue weighted by Crippen LogP contribution is -1.85. The second-order valence-electron chi connectivity index (χ2n) is 2.43. The molecule has 11 heavy (non-hydrogen) atoms. The maximum Gasteiger partial charge on any atom is 0.0266 e. The van der Waals surface area contributed by atoms with Gasteiger partial charge in [0.25, 0.3) is 0 Å². The molecule has 0 aliphatic carbocycles. The molecule has 0 heterocycles. The molecule has 0 bridgehead atoms. The second kappa shape index (κ2) is 4.17. The lowest BCUT2D eigenvalue weighted by Gasteiger charge is -2.07. The van der Waals surface area contributed by atoms with Crippen molar-refractivity contribution in [2.24, 2.45) is 0 Å². The molecule has 1 aromatic carbocycles. The summed E-state index contributed by atoms with van der Waals surface area (Å²) in [6.07, 6.45) is 2.13. The number of hydrogen-bond acceptors (Lipinski definition) is 1. The Morgan fingerprint density at radius 2 is 1.82 bits per heavy atom. The summed E-state index contributed by atoms with van der Waals surface area (Å²) in [5, 5.41) is 0.600. The minimum Gasteiger partial charge on any atom is -0.158 e. The highest BCUT2D eigenvalue weighted by atomic mass is 79.9. The first-order valence-corrected chi connectivity index (χ1v) is 5.60. The SMILES string of the molecule is CSC(C)c1ccc(Br)cc1. The van der Waals surface area contributed by atoms with Gasteiger partial charge in [-0.25, -0.2) is 0 Å². The quantitative estimate of drug-likeness (QED) is 0.744. The molecule has 2 heteroatoms. The summed E-state index contributed by atoms with van der Waals surface area (Å²) in [5.41, 5.74) is 1.39. The van der Waals surface area contributed by atoms with Gasteiger partial charge in [-0.2, -0.15) is 11.8 Å². The molecule has 0 spiro atoms. The Balaban J connectivity index is 2.81. The van der Waals surface area contributed by atoms with Crippen LogP contribution in [0.2, 0.25) is 0 Å². The number of halogens is 1. The molecule has 1 aromatic rings. The summed E-state index contributed by atoms with van der Waals surface area (Å²) < 4.78 is 1.15. The minimum atomic E-state index is 0.600. The molecule has 1 atom stereocenters. The number of hydrogen-bond donors (Lipinski definition) is 0. The van der Waals surface area contributed by atoms with Gasteiger partial charge in [-0.3, -0.25) is 0 Å². The van der Waals surface area contributed by atoms with Crippen LogP contribution in [-0.2, 0) is 0 Å². The Hall–Kier alpha value is 0.0500. The van der Waals surface area contributed by atoms with Gasteiger partial charge >= 0.3 is 0 Å². The summed E-state index contributed by atoms with van der Waals surface area (Å²) >= 11 is 5.28. The molecule has 0 radical (unpaired) electrons. The van der Waals surface area contributed by atoms with E-state index in [-0.39, 0.29) is 0 Å². The highest BCUT2D eigenvalue weighted by Gasteiger charge is 2.01. The van der Waals surface area contributed by atoms with Crippen LogP contribution in [0.25, 0.3) is 0 Å². The Kier molecular flexibility index (Phi) is 3.46. The molecule has 0 amide bonds. The molecular formula is C9H11BrS. The van der Waals surface area contributed by atoms with Gasteiger partial charge in [-0.1, -0.05) is 28.1 Å². The van der Waals surface area contributed by atoms with Crippen LogP contribution < -0.4 is 0 Å². The van der Waals surface area contributed by atoms with Crippen molar-refractivity contribution in [3.8, 4) is 0 Å². The first kappa shape index (κ1) is 9.14. The summed E-state index contributed by atoms with van der Waals surface area (Å²) in [6, 6.07) is 8.49. The Bertz CT molecular complexity index is 218. The Morgan fingerprint density at radius 1 is 1.27 bits per heavy atom. The summed E-state index contributed by atoms with van der Waals surface area (Å²) in [4.78, 5) is 0. The molecule has 1 rings (SSSR count). The molecule has 0 fully saturated rings. The van der Waals surface area contributed by atoms with Crippen molar-refractivity contribution in [3.63, 3.8) is 0 Å². The van der Waals surface area contributed by atoms with Crippen LogP contribution in [0.1, 0.15) is 17.7 Å². The normalized spacial score (nSPS) is 13.0. The second-order valence-corrected chi connectivity index (χ2v) is 4.52. The van der Waals surface area contributed by atoms with Crippen LogP contribution in [-0.4, -0.2) is 6.26 Å². The number of rotatable bonds is 2. The van der Waals surface area contributed by atoms with Crippen LogP contribution >= 0.6 is 27.7 Å². The van der Waals surface area contributed by atoms with E-state index in [0.29, 0.717) is 5.25 Å². The molecule has 0 nitrogen and oxygen atoms in total. The van der Waals surface area contributed by atoms with Gasteiger partial charge in [0.15, 0.2) is 0 Å². The van der Waals surface area contributed by atoms with Gasteiger partial charge in [0.05, 0.1) is 0 Å². The molecule has 0 aliphatic heterocycles. The highest BCUT2D eigenvalue weighted by molar-refractivity contribution is 9.10. The third-order valence-corrected chi connectivity index (χ3v) is 3.20. The first-order chi connectivity index (χ1) is 5.24. The maximum absolute atomic E-state index is 3.41. The van der Waals surface area contributed by atoms with Crippen molar-refractivity contribution < 1.29 is 0 Å². The Labute approximate surface area is 80.5 Å². The molecule has 1 unspecified atom stereocenters. The van der Waals surface area contributed by atoms with Crippen molar-refractivity contribution in [2.75, 3.05) is 6.26 Å². The fourth-order valence-electron chi connectivity index (χ4n) is 0.870. The number of benzene rings is 1. The van der Waals surface area contributed by atoms with E-state index in [0.717, 1.165) is 4.47 Å². The van der Waals surface area contributed by atoms with E-state index in [2.05, 4.69) is 53.4 Å². The lowest BCUT2D eigenvalue weighted by molar-refractivity contribution is 1.10. The molecular weight excluding hydrogens is 220 g/mol. The van der Waals surface area contributed by atoms with E-state index in [1.165, 1.54) is 5.56 Å². The van der Waals surface area contributed by atoms with Gasteiger partial charge in [0, 0.05) is 9.72 Å². The monoisotopic (exact) mass is 230 g/mol. The summed E-state index contributed by atoms with van der Waals surface area (Å²) in [5.74, 6) is 0. The van der Waals surface area contributed by atoms with E-state index in [1.807, 2.05) is 11.8 Å². The zero-order valence-corrected chi connectivity index (χ0v) is 9.08. The standard InChI is InChI=1S/C9H11BrS/c1-7(11-2)8-3-5-9(10)6-4-8/h3-7H,1-2H3. The van der Waals surface area contributed by atoms with Crippen molar-refractivity contribution >= 4 is 27.7 Å². The molecule has 0 N–H and O–H groups in total. The van der Waals surface area contributed by atoms with E-state index in [9.17, 15) is 0 Å².